The van der Waals surface area contributed by atoms with Crippen molar-refractivity contribution in [2.75, 3.05) is 29.9 Å². The molecule has 0 bridgehead atoms. The molecule has 1 aliphatic rings. The third-order valence-electron chi connectivity index (χ3n) is 4.50. The molecule has 0 aliphatic carbocycles. The summed E-state index contributed by atoms with van der Waals surface area (Å²) in [6.45, 7) is 5.04. The maximum absolute atomic E-state index is 12.2. The third-order valence-corrected chi connectivity index (χ3v) is 4.50. The second-order valence-electron chi connectivity index (χ2n) is 6.46. The number of benzene rings is 2. The first-order valence-corrected chi connectivity index (χ1v) is 8.75. The zero-order valence-electron chi connectivity index (χ0n) is 15.3. The van der Waals surface area contributed by atoms with Crippen molar-refractivity contribution in [2.24, 2.45) is 0 Å². The zero-order valence-corrected chi connectivity index (χ0v) is 15.3. The summed E-state index contributed by atoms with van der Waals surface area (Å²) in [6, 6.07) is 12.3. The molecule has 1 fully saturated rings. The number of carbonyl (C=O) groups is 3. The maximum Gasteiger partial charge on any atom is 0.321 e. The monoisotopic (exact) mass is 366 g/mol. The van der Waals surface area contributed by atoms with Crippen molar-refractivity contribution < 1.29 is 14.4 Å². The fourth-order valence-corrected chi connectivity index (χ4v) is 2.79. The van der Waals surface area contributed by atoms with Gasteiger partial charge in [0.1, 0.15) is 0 Å². The quantitative estimate of drug-likeness (QED) is 0.758. The van der Waals surface area contributed by atoms with E-state index in [2.05, 4.69) is 16.0 Å². The normalized spacial score (nSPS) is 13.3. The van der Waals surface area contributed by atoms with Gasteiger partial charge in [0, 0.05) is 30.0 Å². The van der Waals surface area contributed by atoms with Gasteiger partial charge in [-0.05, 0) is 61.4 Å². The van der Waals surface area contributed by atoms with Crippen LogP contribution in [0.15, 0.2) is 42.5 Å². The van der Waals surface area contributed by atoms with Gasteiger partial charge in [-0.15, -0.1) is 0 Å². The van der Waals surface area contributed by atoms with Gasteiger partial charge in [-0.1, -0.05) is 6.07 Å². The molecular weight excluding hydrogens is 344 g/mol. The van der Waals surface area contributed by atoms with E-state index in [1.807, 2.05) is 19.9 Å². The highest BCUT2D eigenvalue weighted by Crippen LogP contribution is 2.19. The standard InChI is InChI=1S/C20H22N4O3/c1-13-3-4-15(11-14(13)2)19(26)22-12-18(25)23-16-5-7-17(8-6-16)24-10-9-21-20(24)27/h3-8,11H,9-10,12H2,1-2H3,(H,21,27)(H,22,26)(H,23,25). The van der Waals surface area contributed by atoms with Crippen molar-refractivity contribution >= 4 is 29.2 Å². The molecule has 1 aliphatic heterocycles. The van der Waals surface area contributed by atoms with Crippen LogP contribution in [0.5, 0.6) is 0 Å². The predicted molar refractivity (Wildman–Crippen MR) is 104 cm³/mol. The van der Waals surface area contributed by atoms with Crippen molar-refractivity contribution in [2.45, 2.75) is 13.8 Å². The molecule has 0 radical (unpaired) electrons. The first-order valence-electron chi connectivity index (χ1n) is 8.75. The highest BCUT2D eigenvalue weighted by molar-refractivity contribution is 5.99. The van der Waals surface area contributed by atoms with Crippen molar-refractivity contribution in [1.82, 2.24) is 10.6 Å². The van der Waals surface area contributed by atoms with Gasteiger partial charge in [0.05, 0.1) is 6.54 Å². The van der Waals surface area contributed by atoms with Gasteiger partial charge in [-0.25, -0.2) is 4.79 Å². The van der Waals surface area contributed by atoms with Crippen LogP contribution in [0.1, 0.15) is 21.5 Å². The Labute approximate surface area is 157 Å². The van der Waals surface area contributed by atoms with E-state index in [9.17, 15) is 14.4 Å². The lowest BCUT2D eigenvalue weighted by atomic mass is 10.1. The Morgan fingerprint density at radius 2 is 1.81 bits per heavy atom. The van der Waals surface area contributed by atoms with Crippen LogP contribution in [-0.2, 0) is 4.79 Å². The van der Waals surface area contributed by atoms with Gasteiger partial charge in [0.15, 0.2) is 0 Å². The second kappa shape index (κ2) is 7.90. The predicted octanol–water partition coefficient (Wildman–Crippen LogP) is 2.20. The summed E-state index contributed by atoms with van der Waals surface area (Å²) in [5.41, 5.74) is 4.03. The molecule has 140 valence electrons. The average molecular weight is 366 g/mol. The number of carbonyl (C=O) groups excluding carboxylic acids is 3. The van der Waals surface area contributed by atoms with Gasteiger partial charge < -0.3 is 16.0 Å². The Bertz CT molecular complexity index is 877. The number of nitrogens with one attached hydrogen (secondary N) is 3. The summed E-state index contributed by atoms with van der Waals surface area (Å²) in [4.78, 5) is 37.5. The van der Waals surface area contributed by atoms with Crippen LogP contribution >= 0.6 is 0 Å². The zero-order chi connectivity index (χ0) is 19.4. The third kappa shape index (κ3) is 4.44. The van der Waals surface area contributed by atoms with E-state index in [1.165, 1.54) is 0 Å². The number of rotatable bonds is 5. The highest BCUT2D eigenvalue weighted by atomic mass is 16.2. The number of nitrogens with zero attached hydrogens (tertiary/aromatic N) is 1. The molecule has 0 saturated carbocycles. The molecule has 0 atom stereocenters. The number of hydrogen-bond acceptors (Lipinski definition) is 3. The van der Waals surface area contributed by atoms with E-state index in [1.54, 1.807) is 41.3 Å². The van der Waals surface area contributed by atoms with Crippen LogP contribution in [0.2, 0.25) is 0 Å². The molecule has 0 spiro atoms. The van der Waals surface area contributed by atoms with Crippen LogP contribution in [-0.4, -0.2) is 37.5 Å². The molecular formula is C20H22N4O3. The molecule has 7 heteroatoms. The molecule has 7 nitrogen and oxygen atoms in total. The molecule has 3 rings (SSSR count). The first kappa shape index (κ1) is 18.4. The summed E-state index contributed by atoms with van der Waals surface area (Å²) >= 11 is 0. The van der Waals surface area contributed by atoms with E-state index in [0.29, 0.717) is 24.3 Å². The highest BCUT2D eigenvalue weighted by Gasteiger charge is 2.20. The molecule has 27 heavy (non-hydrogen) atoms. The van der Waals surface area contributed by atoms with E-state index >= 15 is 0 Å². The number of amides is 4. The molecule has 2 aromatic carbocycles. The Morgan fingerprint density at radius 3 is 2.44 bits per heavy atom. The van der Waals surface area contributed by atoms with Crippen LogP contribution in [0.4, 0.5) is 16.2 Å². The van der Waals surface area contributed by atoms with Crippen molar-refractivity contribution in [3.05, 3.63) is 59.2 Å². The molecule has 1 heterocycles. The summed E-state index contributed by atoms with van der Waals surface area (Å²) in [5.74, 6) is -0.609. The van der Waals surface area contributed by atoms with Crippen LogP contribution in [0, 0.1) is 13.8 Å². The summed E-state index contributed by atoms with van der Waals surface area (Å²) in [7, 11) is 0. The lowest BCUT2D eigenvalue weighted by Crippen LogP contribution is -2.33. The Hall–Kier alpha value is -3.35. The average Bonchev–Trinajstić information content (AvgIpc) is 3.08. The van der Waals surface area contributed by atoms with Crippen LogP contribution in [0.3, 0.4) is 0 Å². The second-order valence-corrected chi connectivity index (χ2v) is 6.46. The maximum atomic E-state index is 12.2. The van der Waals surface area contributed by atoms with Gasteiger partial charge >= 0.3 is 6.03 Å². The van der Waals surface area contributed by atoms with Crippen LogP contribution in [0.25, 0.3) is 0 Å². The summed E-state index contributed by atoms with van der Waals surface area (Å²) in [5, 5.41) is 8.08. The minimum atomic E-state index is -0.321. The number of hydrogen-bond donors (Lipinski definition) is 3. The Kier molecular flexibility index (Phi) is 5.40. The van der Waals surface area contributed by atoms with Gasteiger partial charge in [0.25, 0.3) is 5.91 Å². The van der Waals surface area contributed by atoms with Gasteiger partial charge in [0.2, 0.25) is 5.91 Å². The van der Waals surface area contributed by atoms with Gasteiger partial charge in [-0.3, -0.25) is 14.5 Å². The van der Waals surface area contributed by atoms with Gasteiger partial charge in [-0.2, -0.15) is 0 Å². The van der Waals surface area contributed by atoms with Crippen molar-refractivity contribution in [3.8, 4) is 0 Å². The van der Waals surface area contributed by atoms with E-state index in [0.717, 1.165) is 16.8 Å². The minimum Gasteiger partial charge on any atom is -0.343 e. The van der Waals surface area contributed by atoms with E-state index < -0.39 is 0 Å². The largest absolute Gasteiger partial charge is 0.343 e. The lowest BCUT2D eigenvalue weighted by Gasteiger charge is -2.14. The number of urea groups is 1. The molecule has 3 N–H and O–H groups in total. The fraction of sp³-hybridized carbons (Fsp3) is 0.250. The SMILES string of the molecule is Cc1ccc(C(=O)NCC(=O)Nc2ccc(N3CCNC3=O)cc2)cc1C. The number of anilines is 2. The molecule has 2 aromatic rings. The van der Waals surface area contributed by atoms with E-state index in [-0.39, 0.29) is 24.4 Å². The Morgan fingerprint density at radius 1 is 1.07 bits per heavy atom. The summed E-state index contributed by atoms with van der Waals surface area (Å²) < 4.78 is 0. The molecule has 4 amide bonds. The smallest absolute Gasteiger partial charge is 0.321 e. The Balaban J connectivity index is 1.52. The van der Waals surface area contributed by atoms with Crippen molar-refractivity contribution in [3.63, 3.8) is 0 Å². The number of aryl methyl sites for hydroxylation is 2. The van der Waals surface area contributed by atoms with E-state index in [4.69, 9.17) is 0 Å². The first-order chi connectivity index (χ1) is 12.9. The van der Waals surface area contributed by atoms with Crippen LogP contribution < -0.4 is 20.9 Å². The molecule has 0 unspecified atom stereocenters. The molecule has 0 aromatic heterocycles. The van der Waals surface area contributed by atoms with Crippen molar-refractivity contribution in [1.29, 1.82) is 0 Å². The topological polar surface area (TPSA) is 90.5 Å². The summed E-state index contributed by atoms with van der Waals surface area (Å²) in [6.07, 6.45) is 0. The molecule has 1 saturated heterocycles. The fourth-order valence-electron chi connectivity index (χ4n) is 2.79. The lowest BCUT2D eigenvalue weighted by molar-refractivity contribution is -0.115. The minimum absolute atomic E-state index is 0.123.